The minimum atomic E-state index is -0.779. The number of hydrogen-bond donors (Lipinski definition) is 2. The van der Waals surface area contributed by atoms with E-state index >= 15 is 0 Å². The molecule has 15 heavy (non-hydrogen) atoms. The van der Waals surface area contributed by atoms with Crippen molar-refractivity contribution in [1.82, 2.24) is 5.32 Å². The zero-order valence-corrected chi connectivity index (χ0v) is 9.16. The smallest absolute Gasteiger partial charge is 0.308 e. The minimum absolute atomic E-state index is 0.0480. The fourth-order valence-corrected chi connectivity index (χ4v) is 2.08. The summed E-state index contributed by atoms with van der Waals surface area (Å²) >= 11 is 0. The highest BCUT2D eigenvalue weighted by Gasteiger charge is 2.30. The summed E-state index contributed by atoms with van der Waals surface area (Å²) in [7, 11) is 0. The molecule has 0 saturated heterocycles. The van der Waals surface area contributed by atoms with E-state index < -0.39 is 11.9 Å². The number of carbonyl (C=O) groups excluding carboxylic acids is 1. The third-order valence-electron chi connectivity index (χ3n) is 3.00. The Balaban J connectivity index is 2.61. The monoisotopic (exact) mass is 213 g/mol. The molecule has 0 aromatic rings. The van der Waals surface area contributed by atoms with Crippen LogP contribution in [0.25, 0.3) is 0 Å². The van der Waals surface area contributed by atoms with Crippen LogP contribution in [0.1, 0.15) is 45.4 Å². The summed E-state index contributed by atoms with van der Waals surface area (Å²) in [6.07, 6.45) is 4.94. The Morgan fingerprint density at radius 2 is 1.93 bits per heavy atom. The molecule has 2 N–H and O–H groups in total. The van der Waals surface area contributed by atoms with Crippen LogP contribution in [0.2, 0.25) is 0 Å². The van der Waals surface area contributed by atoms with Crippen LogP contribution in [-0.2, 0) is 9.59 Å². The molecule has 4 heteroatoms. The maximum absolute atomic E-state index is 11.3. The van der Waals surface area contributed by atoms with Gasteiger partial charge in [-0.15, -0.1) is 0 Å². The Labute approximate surface area is 90.0 Å². The van der Waals surface area contributed by atoms with Crippen LogP contribution in [0.15, 0.2) is 0 Å². The molecule has 0 aromatic carbocycles. The Morgan fingerprint density at radius 1 is 1.27 bits per heavy atom. The van der Waals surface area contributed by atoms with Crippen molar-refractivity contribution in [2.75, 3.05) is 0 Å². The second-order valence-corrected chi connectivity index (χ2v) is 4.11. The number of amides is 1. The van der Waals surface area contributed by atoms with Gasteiger partial charge in [-0.05, 0) is 12.8 Å². The van der Waals surface area contributed by atoms with E-state index in [1.54, 1.807) is 6.92 Å². The summed E-state index contributed by atoms with van der Waals surface area (Å²) < 4.78 is 0. The Hall–Kier alpha value is -1.06. The molecule has 0 unspecified atom stereocenters. The first-order valence-corrected chi connectivity index (χ1v) is 5.67. The molecule has 1 rings (SSSR count). The topological polar surface area (TPSA) is 66.4 Å². The van der Waals surface area contributed by atoms with Crippen LogP contribution >= 0.6 is 0 Å². The van der Waals surface area contributed by atoms with Gasteiger partial charge >= 0.3 is 5.97 Å². The van der Waals surface area contributed by atoms with Crippen molar-refractivity contribution in [3.8, 4) is 0 Å². The molecule has 0 aliphatic heterocycles. The Morgan fingerprint density at radius 3 is 2.53 bits per heavy atom. The molecule has 1 fully saturated rings. The SMILES string of the molecule is CCC(=O)N[C@H]1CCCCC[C@H]1C(=O)O. The molecule has 1 saturated carbocycles. The third-order valence-corrected chi connectivity index (χ3v) is 3.00. The van der Waals surface area contributed by atoms with Gasteiger partial charge in [0.2, 0.25) is 5.91 Å². The van der Waals surface area contributed by atoms with E-state index in [-0.39, 0.29) is 11.9 Å². The number of aliphatic carboxylic acids is 1. The third kappa shape index (κ3) is 3.53. The van der Waals surface area contributed by atoms with E-state index in [0.717, 1.165) is 25.7 Å². The molecule has 0 heterocycles. The first-order chi connectivity index (χ1) is 7.15. The molecular weight excluding hydrogens is 194 g/mol. The van der Waals surface area contributed by atoms with Crippen LogP contribution in [0.3, 0.4) is 0 Å². The van der Waals surface area contributed by atoms with Gasteiger partial charge in [0, 0.05) is 12.5 Å². The quantitative estimate of drug-likeness (QED) is 0.699. The molecule has 2 atom stereocenters. The summed E-state index contributed by atoms with van der Waals surface area (Å²) in [4.78, 5) is 22.3. The van der Waals surface area contributed by atoms with Gasteiger partial charge in [0.1, 0.15) is 0 Å². The van der Waals surface area contributed by atoms with Crippen molar-refractivity contribution in [2.24, 2.45) is 5.92 Å². The van der Waals surface area contributed by atoms with Crippen LogP contribution in [0, 0.1) is 5.92 Å². The lowest BCUT2D eigenvalue weighted by molar-refractivity contribution is -0.143. The minimum Gasteiger partial charge on any atom is -0.481 e. The van der Waals surface area contributed by atoms with Gasteiger partial charge in [0.25, 0.3) is 0 Å². The van der Waals surface area contributed by atoms with Gasteiger partial charge < -0.3 is 10.4 Å². The fraction of sp³-hybridized carbons (Fsp3) is 0.818. The zero-order chi connectivity index (χ0) is 11.3. The van der Waals surface area contributed by atoms with Crippen molar-refractivity contribution >= 4 is 11.9 Å². The average Bonchev–Trinajstić information content (AvgIpc) is 2.43. The van der Waals surface area contributed by atoms with E-state index in [4.69, 9.17) is 5.11 Å². The summed E-state index contributed by atoms with van der Waals surface area (Å²) in [5.74, 6) is -1.23. The number of carboxylic acid groups (broad SMARTS) is 1. The normalized spacial score (nSPS) is 26.7. The molecule has 1 amide bonds. The highest BCUT2D eigenvalue weighted by Crippen LogP contribution is 2.23. The second-order valence-electron chi connectivity index (χ2n) is 4.11. The van der Waals surface area contributed by atoms with Crippen LogP contribution in [0.4, 0.5) is 0 Å². The number of hydrogen-bond acceptors (Lipinski definition) is 2. The molecule has 0 aromatic heterocycles. The first kappa shape index (κ1) is 12.0. The Bertz CT molecular complexity index is 240. The van der Waals surface area contributed by atoms with E-state index in [2.05, 4.69) is 5.32 Å². The number of carboxylic acids is 1. The van der Waals surface area contributed by atoms with Crippen LogP contribution < -0.4 is 5.32 Å². The second kappa shape index (κ2) is 5.73. The van der Waals surface area contributed by atoms with Crippen LogP contribution in [0.5, 0.6) is 0 Å². The first-order valence-electron chi connectivity index (χ1n) is 5.67. The number of carbonyl (C=O) groups is 2. The van der Waals surface area contributed by atoms with E-state index in [1.807, 2.05) is 0 Å². The summed E-state index contributed by atoms with van der Waals surface area (Å²) in [5, 5.41) is 11.9. The van der Waals surface area contributed by atoms with Crippen LogP contribution in [-0.4, -0.2) is 23.0 Å². The van der Waals surface area contributed by atoms with Crippen molar-refractivity contribution in [1.29, 1.82) is 0 Å². The van der Waals surface area contributed by atoms with Gasteiger partial charge in [-0.2, -0.15) is 0 Å². The molecule has 1 aliphatic carbocycles. The maximum Gasteiger partial charge on any atom is 0.308 e. The van der Waals surface area contributed by atoms with Crippen molar-refractivity contribution < 1.29 is 14.7 Å². The lowest BCUT2D eigenvalue weighted by Crippen LogP contribution is -2.42. The highest BCUT2D eigenvalue weighted by atomic mass is 16.4. The highest BCUT2D eigenvalue weighted by molar-refractivity contribution is 5.77. The molecule has 1 aliphatic rings. The predicted octanol–water partition coefficient (Wildman–Crippen LogP) is 1.55. The average molecular weight is 213 g/mol. The van der Waals surface area contributed by atoms with Crippen molar-refractivity contribution in [3.63, 3.8) is 0 Å². The van der Waals surface area contributed by atoms with E-state index in [1.165, 1.54) is 0 Å². The summed E-state index contributed by atoms with van der Waals surface area (Å²) in [5.41, 5.74) is 0. The zero-order valence-electron chi connectivity index (χ0n) is 9.16. The van der Waals surface area contributed by atoms with Crippen molar-refractivity contribution in [2.45, 2.75) is 51.5 Å². The maximum atomic E-state index is 11.3. The number of rotatable bonds is 3. The molecule has 4 nitrogen and oxygen atoms in total. The van der Waals surface area contributed by atoms with Gasteiger partial charge in [-0.3, -0.25) is 9.59 Å². The lowest BCUT2D eigenvalue weighted by Gasteiger charge is -2.22. The molecule has 0 spiro atoms. The molecular formula is C11H19NO3. The van der Waals surface area contributed by atoms with Gasteiger partial charge in [0.15, 0.2) is 0 Å². The molecule has 0 bridgehead atoms. The van der Waals surface area contributed by atoms with Gasteiger partial charge in [-0.1, -0.05) is 26.2 Å². The lowest BCUT2D eigenvalue weighted by atomic mass is 9.95. The standard InChI is InChI=1S/C11H19NO3/c1-2-10(13)12-9-7-5-3-4-6-8(9)11(14)15/h8-9H,2-7H2,1H3,(H,12,13)(H,14,15)/t8-,9+/m1/s1. The van der Waals surface area contributed by atoms with Gasteiger partial charge in [-0.25, -0.2) is 0 Å². The molecule has 86 valence electrons. The summed E-state index contributed by atoms with van der Waals surface area (Å²) in [6, 6.07) is -0.169. The predicted molar refractivity (Wildman–Crippen MR) is 56.4 cm³/mol. The number of nitrogens with one attached hydrogen (secondary N) is 1. The fourth-order valence-electron chi connectivity index (χ4n) is 2.08. The molecule has 0 radical (unpaired) electrons. The largest absolute Gasteiger partial charge is 0.481 e. The van der Waals surface area contributed by atoms with Crippen molar-refractivity contribution in [3.05, 3.63) is 0 Å². The van der Waals surface area contributed by atoms with E-state index in [0.29, 0.717) is 12.8 Å². The summed E-state index contributed by atoms with van der Waals surface area (Å²) in [6.45, 7) is 1.78. The van der Waals surface area contributed by atoms with Gasteiger partial charge in [0.05, 0.1) is 5.92 Å². The van der Waals surface area contributed by atoms with E-state index in [9.17, 15) is 9.59 Å². The Kier molecular flexibility index (Phi) is 4.59.